The van der Waals surface area contributed by atoms with Crippen molar-refractivity contribution in [2.24, 2.45) is 11.5 Å². The third-order valence-electron chi connectivity index (χ3n) is 1.26. The van der Waals surface area contributed by atoms with Gasteiger partial charge in [0.05, 0.1) is 0 Å². The highest BCUT2D eigenvalue weighted by atomic mass is 14.8. The lowest BCUT2D eigenvalue weighted by Gasteiger charge is -2.05. The first-order valence-electron chi connectivity index (χ1n) is 3.05. The molecule has 4 nitrogen and oxygen atoms in total. The van der Waals surface area contributed by atoms with Gasteiger partial charge in [-0.15, -0.1) is 0 Å². The quantitative estimate of drug-likeness (QED) is 0.574. The SMILES string of the molecule is NCC(N)c1cncnc1. The summed E-state index contributed by atoms with van der Waals surface area (Å²) in [6, 6.07) is -0.138. The van der Waals surface area contributed by atoms with Gasteiger partial charge in [0.25, 0.3) is 0 Å². The summed E-state index contributed by atoms with van der Waals surface area (Å²) in [6.45, 7) is 0.424. The third-order valence-corrected chi connectivity index (χ3v) is 1.26. The number of nitrogens with zero attached hydrogens (tertiary/aromatic N) is 2. The van der Waals surface area contributed by atoms with Crippen LogP contribution in [0.4, 0.5) is 0 Å². The zero-order valence-electron chi connectivity index (χ0n) is 5.57. The lowest BCUT2D eigenvalue weighted by Crippen LogP contribution is -2.20. The second-order valence-corrected chi connectivity index (χ2v) is 2.01. The van der Waals surface area contributed by atoms with Gasteiger partial charge in [-0.3, -0.25) is 0 Å². The number of hydrogen-bond donors (Lipinski definition) is 2. The lowest BCUT2D eigenvalue weighted by atomic mass is 10.2. The molecule has 1 heterocycles. The Hall–Kier alpha value is -1.00. The molecule has 0 bridgehead atoms. The summed E-state index contributed by atoms with van der Waals surface area (Å²) in [5, 5.41) is 0. The van der Waals surface area contributed by atoms with Crippen LogP contribution in [0.15, 0.2) is 18.7 Å². The first kappa shape index (κ1) is 7.11. The van der Waals surface area contributed by atoms with E-state index in [1.807, 2.05) is 0 Å². The zero-order valence-corrected chi connectivity index (χ0v) is 5.57. The van der Waals surface area contributed by atoms with E-state index in [0.29, 0.717) is 6.54 Å². The maximum atomic E-state index is 5.59. The van der Waals surface area contributed by atoms with Crippen LogP contribution in [-0.2, 0) is 0 Å². The van der Waals surface area contributed by atoms with Crippen molar-refractivity contribution in [1.82, 2.24) is 9.97 Å². The van der Waals surface area contributed by atoms with Crippen LogP contribution in [0.25, 0.3) is 0 Å². The molecule has 0 aromatic carbocycles. The van der Waals surface area contributed by atoms with Gasteiger partial charge in [0.15, 0.2) is 0 Å². The monoisotopic (exact) mass is 138 g/mol. The van der Waals surface area contributed by atoms with Gasteiger partial charge in [-0.2, -0.15) is 0 Å². The molecule has 0 spiro atoms. The van der Waals surface area contributed by atoms with E-state index in [1.54, 1.807) is 12.4 Å². The molecule has 0 saturated carbocycles. The van der Waals surface area contributed by atoms with Crippen LogP contribution in [0, 0.1) is 0 Å². The molecule has 10 heavy (non-hydrogen) atoms. The van der Waals surface area contributed by atoms with E-state index < -0.39 is 0 Å². The van der Waals surface area contributed by atoms with Crippen LogP contribution >= 0.6 is 0 Å². The van der Waals surface area contributed by atoms with Gasteiger partial charge in [0.1, 0.15) is 6.33 Å². The minimum absolute atomic E-state index is 0.138. The van der Waals surface area contributed by atoms with Crippen molar-refractivity contribution in [3.8, 4) is 0 Å². The van der Waals surface area contributed by atoms with Crippen molar-refractivity contribution in [2.45, 2.75) is 6.04 Å². The minimum atomic E-state index is -0.138. The largest absolute Gasteiger partial charge is 0.329 e. The number of nitrogens with two attached hydrogens (primary N) is 2. The van der Waals surface area contributed by atoms with E-state index in [9.17, 15) is 0 Å². The molecule has 1 aromatic rings. The summed E-state index contributed by atoms with van der Waals surface area (Å²) in [5.41, 5.74) is 11.8. The second kappa shape index (κ2) is 3.24. The third kappa shape index (κ3) is 1.49. The summed E-state index contributed by atoms with van der Waals surface area (Å²) in [4.78, 5) is 7.61. The average Bonchev–Trinajstić information content (AvgIpc) is 2.05. The number of aromatic nitrogens is 2. The molecule has 1 rings (SSSR count). The van der Waals surface area contributed by atoms with E-state index in [4.69, 9.17) is 11.5 Å². The first-order chi connectivity index (χ1) is 4.84. The minimum Gasteiger partial charge on any atom is -0.329 e. The fourth-order valence-corrected chi connectivity index (χ4v) is 0.638. The van der Waals surface area contributed by atoms with Gasteiger partial charge in [0, 0.05) is 30.5 Å². The summed E-state index contributed by atoms with van der Waals surface area (Å²) in [6.07, 6.45) is 4.81. The summed E-state index contributed by atoms with van der Waals surface area (Å²) < 4.78 is 0. The van der Waals surface area contributed by atoms with Gasteiger partial charge in [0.2, 0.25) is 0 Å². The van der Waals surface area contributed by atoms with Crippen molar-refractivity contribution >= 4 is 0 Å². The van der Waals surface area contributed by atoms with E-state index in [0.717, 1.165) is 5.56 Å². The van der Waals surface area contributed by atoms with Gasteiger partial charge in [-0.05, 0) is 0 Å². The van der Waals surface area contributed by atoms with Crippen molar-refractivity contribution < 1.29 is 0 Å². The molecule has 54 valence electrons. The standard InChI is InChI=1S/C6H10N4/c7-1-6(8)5-2-9-4-10-3-5/h2-4,6H,1,7-8H2. The Bertz CT molecular complexity index is 186. The van der Waals surface area contributed by atoms with Crippen LogP contribution < -0.4 is 11.5 Å². The lowest BCUT2D eigenvalue weighted by molar-refractivity contribution is 0.727. The molecular formula is C6H10N4. The molecule has 0 aliphatic carbocycles. The van der Waals surface area contributed by atoms with Crippen LogP contribution in [-0.4, -0.2) is 16.5 Å². The molecule has 0 amide bonds. The van der Waals surface area contributed by atoms with Gasteiger partial charge in [-0.1, -0.05) is 0 Å². The molecule has 4 N–H and O–H groups in total. The van der Waals surface area contributed by atoms with Crippen LogP contribution in [0.2, 0.25) is 0 Å². The fourth-order valence-electron chi connectivity index (χ4n) is 0.638. The molecule has 1 unspecified atom stereocenters. The smallest absolute Gasteiger partial charge is 0.115 e. The number of rotatable bonds is 2. The predicted octanol–water partition coefficient (Wildman–Crippen LogP) is -0.565. The van der Waals surface area contributed by atoms with Gasteiger partial charge < -0.3 is 11.5 Å². The van der Waals surface area contributed by atoms with Crippen LogP contribution in [0.3, 0.4) is 0 Å². The molecular weight excluding hydrogens is 128 g/mol. The molecule has 4 heteroatoms. The highest BCUT2D eigenvalue weighted by molar-refractivity contribution is 5.08. The predicted molar refractivity (Wildman–Crippen MR) is 38.0 cm³/mol. The Labute approximate surface area is 59.3 Å². The molecule has 1 aromatic heterocycles. The van der Waals surface area contributed by atoms with E-state index >= 15 is 0 Å². The Morgan fingerprint density at radius 1 is 1.40 bits per heavy atom. The van der Waals surface area contributed by atoms with E-state index in [1.165, 1.54) is 6.33 Å². The molecule has 0 radical (unpaired) electrons. The van der Waals surface area contributed by atoms with Crippen molar-refractivity contribution in [1.29, 1.82) is 0 Å². The number of hydrogen-bond acceptors (Lipinski definition) is 4. The maximum absolute atomic E-state index is 5.59. The average molecular weight is 138 g/mol. The molecule has 0 aliphatic heterocycles. The van der Waals surface area contributed by atoms with Crippen molar-refractivity contribution in [3.05, 3.63) is 24.3 Å². The second-order valence-electron chi connectivity index (χ2n) is 2.01. The topological polar surface area (TPSA) is 77.8 Å². The van der Waals surface area contributed by atoms with Crippen LogP contribution in [0.1, 0.15) is 11.6 Å². The van der Waals surface area contributed by atoms with Gasteiger partial charge >= 0.3 is 0 Å². The zero-order chi connectivity index (χ0) is 7.40. The Morgan fingerprint density at radius 3 is 2.50 bits per heavy atom. The first-order valence-corrected chi connectivity index (χ1v) is 3.05. The summed E-state index contributed by atoms with van der Waals surface area (Å²) in [5.74, 6) is 0. The maximum Gasteiger partial charge on any atom is 0.115 e. The molecule has 0 fully saturated rings. The Balaban J connectivity index is 2.75. The van der Waals surface area contributed by atoms with Crippen molar-refractivity contribution in [2.75, 3.05) is 6.54 Å². The Morgan fingerprint density at radius 2 is 2.00 bits per heavy atom. The van der Waals surface area contributed by atoms with Gasteiger partial charge in [-0.25, -0.2) is 9.97 Å². The summed E-state index contributed by atoms with van der Waals surface area (Å²) >= 11 is 0. The highest BCUT2D eigenvalue weighted by Gasteiger charge is 2.01. The normalized spacial score (nSPS) is 13.0. The van der Waals surface area contributed by atoms with Crippen LogP contribution in [0.5, 0.6) is 0 Å². The molecule has 0 aliphatic rings. The molecule has 1 atom stereocenters. The Kier molecular flexibility index (Phi) is 2.30. The highest BCUT2D eigenvalue weighted by Crippen LogP contribution is 2.02. The van der Waals surface area contributed by atoms with Crippen molar-refractivity contribution in [3.63, 3.8) is 0 Å². The van der Waals surface area contributed by atoms with E-state index in [2.05, 4.69) is 9.97 Å². The molecule has 0 saturated heterocycles. The summed E-state index contributed by atoms with van der Waals surface area (Å²) in [7, 11) is 0. The van der Waals surface area contributed by atoms with E-state index in [-0.39, 0.29) is 6.04 Å². The fraction of sp³-hybridized carbons (Fsp3) is 0.333.